The van der Waals surface area contributed by atoms with Crippen LogP contribution in [0.4, 0.5) is 11.6 Å². The number of nitrogens with zero attached hydrogens (tertiary/aromatic N) is 2. The van der Waals surface area contributed by atoms with Crippen molar-refractivity contribution in [1.29, 1.82) is 0 Å². The van der Waals surface area contributed by atoms with Gasteiger partial charge in [0.25, 0.3) is 0 Å². The molecule has 6 heteroatoms. The molecule has 0 bridgehead atoms. The van der Waals surface area contributed by atoms with Gasteiger partial charge in [0.2, 0.25) is 11.9 Å². The SMILES string of the molecule is CC(=O)c1ccccc1NC(=O)CCCNc1nc(C)cc(C)n1. The summed E-state index contributed by atoms with van der Waals surface area (Å²) in [5.41, 5.74) is 2.89. The number of aromatic nitrogens is 2. The third-order valence-corrected chi connectivity index (χ3v) is 3.43. The van der Waals surface area contributed by atoms with Gasteiger partial charge in [-0.3, -0.25) is 9.59 Å². The zero-order valence-corrected chi connectivity index (χ0v) is 14.2. The number of carbonyl (C=O) groups excluding carboxylic acids is 2. The maximum Gasteiger partial charge on any atom is 0.224 e. The first-order valence-corrected chi connectivity index (χ1v) is 7.91. The molecule has 2 rings (SSSR count). The number of nitrogens with one attached hydrogen (secondary N) is 2. The molecule has 0 saturated carbocycles. The number of anilines is 2. The van der Waals surface area contributed by atoms with Gasteiger partial charge in [-0.05, 0) is 45.4 Å². The highest BCUT2D eigenvalue weighted by molar-refractivity contribution is 6.03. The molecule has 0 aliphatic rings. The molecule has 1 aromatic carbocycles. The normalized spacial score (nSPS) is 10.3. The van der Waals surface area contributed by atoms with Gasteiger partial charge in [-0.1, -0.05) is 12.1 Å². The number of hydrogen-bond donors (Lipinski definition) is 2. The maximum absolute atomic E-state index is 12.0. The molecule has 0 saturated heterocycles. The van der Waals surface area contributed by atoms with Crippen LogP contribution in [0.25, 0.3) is 0 Å². The summed E-state index contributed by atoms with van der Waals surface area (Å²) in [5.74, 6) is 0.390. The van der Waals surface area contributed by atoms with E-state index in [-0.39, 0.29) is 11.7 Å². The van der Waals surface area contributed by atoms with Crippen molar-refractivity contribution >= 4 is 23.3 Å². The highest BCUT2D eigenvalue weighted by Crippen LogP contribution is 2.16. The lowest BCUT2D eigenvalue weighted by Gasteiger charge is -2.09. The van der Waals surface area contributed by atoms with Crippen molar-refractivity contribution in [2.75, 3.05) is 17.2 Å². The van der Waals surface area contributed by atoms with Crippen LogP contribution in [0.1, 0.15) is 41.5 Å². The Balaban J connectivity index is 1.81. The van der Waals surface area contributed by atoms with E-state index in [4.69, 9.17) is 0 Å². The average Bonchev–Trinajstić information content (AvgIpc) is 2.51. The first kappa shape index (κ1) is 17.6. The molecule has 0 aliphatic heterocycles. The van der Waals surface area contributed by atoms with E-state index in [1.165, 1.54) is 6.92 Å². The maximum atomic E-state index is 12.0. The Morgan fingerprint density at radius 2 is 1.75 bits per heavy atom. The monoisotopic (exact) mass is 326 g/mol. The first-order valence-electron chi connectivity index (χ1n) is 7.91. The van der Waals surface area contributed by atoms with Gasteiger partial charge < -0.3 is 10.6 Å². The second-order valence-corrected chi connectivity index (χ2v) is 5.65. The minimum atomic E-state index is -0.119. The number of amides is 1. The number of rotatable bonds is 7. The molecule has 0 atom stereocenters. The molecule has 0 radical (unpaired) electrons. The van der Waals surface area contributed by atoms with Crippen LogP contribution in [0.15, 0.2) is 30.3 Å². The molecule has 1 aromatic heterocycles. The fraction of sp³-hybridized carbons (Fsp3) is 0.333. The largest absolute Gasteiger partial charge is 0.354 e. The van der Waals surface area contributed by atoms with E-state index in [9.17, 15) is 9.59 Å². The molecule has 6 nitrogen and oxygen atoms in total. The third-order valence-electron chi connectivity index (χ3n) is 3.43. The minimum absolute atomic E-state index is 0.0699. The lowest BCUT2D eigenvalue weighted by molar-refractivity contribution is -0.116. The molecular formula is C18H22N4O2. The van der Waals surface area contributed by atoms with Crippen LogP contribution in [-0.2, 0) is 4.79 Å². The van der Waals surface area contributed by atoms with Crippen molar-refractivity contribution in [2.45, 2.75) is 33.6 Å². The number of hydrogen-bond acceptors (Lipinski definition) is 5. The summed E-state index contributed by atoms with van der Waals surface area (Å²) in [6.07, 6.45) is 0.995. The Bertz CT molecular complexity index is 723. The van der Waals surface area contributed by atoms with Gasteiger partial charge in [0.1, 0.15) is 0 Å². The third kappa shape index (κ3) is 5.15. The number of para-hydroxylation sites is 1. The quantitative estimate of drug-likeness (QED) is 0.603. The summed E-state index contributed by atoms with van der Waals surface area (Å²) in [6.45, 7) is 5.92. The van der Waals surface area contributed by atoms with Gasteiger partial charge in [-0.25, -0.2) is 9.97 Å². The topological polar surface area (TPSA) is 84.0 Å². The molecule has 2 aromatic rings. The minimum Gasteiger partial charge on any atom is -0.354 e. The first-order chi connectivity index (χ1) is 11.5. The summed E-state index contributed by atoms with van der Waals surface area (Å²) in [4.78, 5) is 32.1. The highest BCUT2D eigenvalue weighted by Gasteiger charge is 2.09. The van der Waals surface area contributed by atoms with E-state index >= 15 is 0 Å². The molecule has 24 heavy (non-hydrogen) atoms. The molecule has 1 heterocycles. The molecule has 2 N–H and O–H groups in total. The molecule has 126 valence electrons. The lowest BCUT2D eigenvalue weighted by Crippen LogP contribution is -2.15. The molecule has 1 amide bonds. The van der Waals surface area contributed by atoms with Crippen LogP contribution >= 0.6 is 0 Å². The Morgan fingerprint density at radius 1 is 1.08 bits per heavy atom. The zero-order valence-electron chi connectivity index (χ0n) is 14.2. The van der Waals surface area contributed by atoms with Crippen molar-refractivity contribution in [1.82, 2.24) is 9.97 Å². The van der Waals surface area contributed by atoms with Crippen LogP contribution in [0.5, 0.6) is 0 Å². The standard InChI is InChI=1S/C18H22N4O2/c1-12-11-13(2)21-18(20-12)19-10-6-9-17(24)22-16-8-5-4-7-15(16)14(3)23/h4-5,7-8,11H,6,9-10H2,1-3H3,(H,22,24)(H,19,20,21). The molecule has 0 fully saturated rings. The summed E-state index contributed by atoms with van der Waals surface area (Å²) >= 11 is 0. The van der Waals surface area contributed by atoms with E-state index in [1.54, 1.807) is 24.3 Å². The van der Waals surface area contributed by atoms with Gasteiger partial charge in [0, 0.05) is 29.9 Å². The fourth-order valence-electron chi connectivity index (χ4n) is 2.37. The predicted molar refractivity (Wildman–Crippen MR) is 94.3 cm³/mol. The Morgan fingerprint density at radius 3 is 2.42 bits per heavy atom. The number of Topliss-reactive ketones (excluding diaryl/α,β-unsaturated/α-hetero) is 1. The predicted octanol–water partition coefficient (Wildman–Crippen LogP) is 3.13. The van der Waals surface area contributed by atoms with Crippen LogP contribution in [0.3, 0.4) is 0 Å². The smallest absolute Gasteiger partial charge is 0.224 e. The molecular weight excluding hydrogens is 304 g/mol. The van der Waals surface area contributed by atoms with Crippen molar-refractivity contribution in [3.63, 3.8) is 0 Å². The Kier molecular flexibility index (Phi) is 6.01. The van der Waals surface area contributed by atoms with E-state index in [2.05, 4.69) is 20.6 Å². The molecule has 0 aliphatic carbocycles. The number of ketones is 1. The summed E-state index contributed by atoms with van der Waals surface area (Å²) in [7, 11) is 0. The van der Waals surface area contributed by atoms with E-state index in [0.29, 0.717) is 36.6 Å². The number of carbonyl (C=O) groups is 2. The van der Waals surface area contributed by atoms with Gasteiger partial charge in [-0.2, -0.15) is 0 Å². The van der Waals surface area contributed by atoms with Gasteiger partial charge in [-0.15, -0.1) is 0 Å². The highest BCUT2D eigenvalue weighted by atomic mass is 16.1. The number of benzene rings is 1. The van der Waals surface area contributed by atoms with Crippen LogP contribution in [0.2, 0.25) is 0 Å². The van der Waals surface area contributed by atoms with Crippen molar-refractivity contribution < 1.29 is 9.59 Å². The molecule has 0 spiro atoms. The van der Waals surface area contributed by atoms with Gasteiger partial charge in [0.05, 0.1) is 5.69 Å². The van der Waals surface area contributed by atoms with Gasteiger partial charge >= 0.3 is 0 Å². The van der Waals surface area contributed by atoms with Crippen LogP contribution in [-0.4, -0.2) is 28.2 Å². The second-order valence-electron chi connectivity index (χ2n) is 5.65. The van der Waals surface area contributed by atoms with E-state index in [0.717, 1.165) is 11.4 Å². The van der Waals surface area contributed by atoms with Crippen molar-refractivity contribution in [3.05, 3.63) is 47.3 Å². The Labute approximate surface area is 141 Å². The van der Waals surface area contributed by atoms with Gasteiger partial charge in [0.15, 0.2) is 5.78 Å². The van der Waals surface area contributed by atoms with E-state index < -0.39 is 0 Å². The van der Waals surface area contributed by atoms with Crippen LogP contribution in [0, 0.1) is 13.8 Å². The zero-order chi connectivity index (χ0) is 17.5. The lowest BCUT2D eigenvalue weighted by atomic mass is 10.1. The Hall–Kier alpha value is -2.76. The summed E-state index contributed by atoms with van der Waals surface area (Å²) in [5, 5.41) is 5.91. The van der Waals surface area contributed by atoms with Crippen LogP contribution < -0.4 is 10.6 Å². The second kappa shape index (κ2) is 8.19. The number of aryl methyl sites for hydroxylation is 2. The summed E-state index contributed by atoms with van der Waals surface area (Å²) < 4.78 is 0. The van der Waals surface area contributed by atoms with Crippen molar-refractivity contribution in [2.24, 2.45) is 0 Å². The fourth-order valence-corrected chi connectivity index (χ4v) is 2.37. The van der Waals surface area contributed by atoms with Crippen molar-refractivity contribution in [3.8, 4) is 0 Å². The average molecular weight is 326 g/mol. The van der Waals surface area contributed by atoms with E-state index in [1.807, 2.05) is 19.9 Å². The summed E-state index contributed by atoms with van der Waals surface area (Å²) in [6, 6.07) is 8.92. The molecule has 0 unspecified atom stereocenters.